The Morgan fingerprint density at radius 2 is 2.11 bits per heavy atom. The Hall–Kier alpha value is -0.920. The molecule has 0 aromatic heterocycles. The zero-order valence-corrected chi connectivity index (χ0v) is 5.68. The van der Waals surface area contributed by atoms with E-state index in [9.17, 15) is 0 Å². The molecule has 0 radical (unpaired) electrons. The molecule has 0 spiro atoms. The van der Waals surface area contributed by atoms with Crippen molar-refractivity contribution in [2.45, 2.75) is 6.42 Å². The largest absolute Gasteiger partial charge is 0.497 e. The van der Waals surface area contributed by atoms with Crippen molar-refractivity contribution in [3.8, 4) is 0 Å². The van der Waals surface area contributed by atoms with E-state index in [-0.39, 0.29) is 0 Å². The van der Waals surface area contributed by atoms with Gasteiger partial charge in [-0.1, -0.05) is 6.08 Å². The van der Waals surface area contributed by atoms with E-state index in [1.54, 1.807) is 14.2 Å². The number of hydrogen-bond donors (Lipinski definition) is 0. The van der Waals surface area contributed by atoms with Crippen LogP contribution in [0.3, 0.4) is 0 Å². The highest BCUT2D eigenvalue weighted by atomic mass is 16.5. The summed E-state index contributed by atoms with van der Waals surface area (Å²) in [5.74, 6) is 1.76. The minimum Gasteiger partial charge on any atom is -0.497 e. The van der Waals surface area contributed by atoms with Gasteiger partial charge in [0.1, 0.15) is 5.76 Å². The van der Waals surface area contributed by atoms with Crippen LogP contribution in [0.25, 0.3) is 0 Å². The Labute approximate surface area is 54.8 Å². The molecular formula is C7H10O2. The van der Waals surface area contributed by atoms with Crippen LogP contribution in [-0.4, -0.2) is 14.2 Å². The molecule has 1 aliphatic rings. The van der Waals surface area contributed by atoms with Crippen LogP contribution in [0.5, 0.6) is 0 Å². The molecule has 0 aliphatic heterocycles. The monoisotopic (exact) mass is 126 g/mol. The molecule has 50 valence electrons. The van der Waals surface area contributed by atoms with Crippen molar-refractivity contribution in [3.05, 3.63) is 23.7 Å². The van der Waals surface area contributed by atoms with Gasteiger partial charge in [0.2, 0.25) is 0 Å². The standard InChI is InChI=1S/C7H10O2/c1-8-6-4-3-5-7(6)9-2/h3-4H,5H2,1-2H3. The molecule has 0 amide bonds. The van der Waals surface area contributed by atoms with E-state index in [2.05, 4.69) is 0 Å². The van der Waals surface area contributed by atoms with Gasteiger partial charge in [-0.15, -0.1) is 0 Å². The van der Waals surface area contributed by atoms with Crippen molar-refractivity contribution in [2.75, 3.05) is 14.2 Å². The van der Waals surface area contributed by atoms with Crippen LogP contribution in [0, 0.1) is 0 Å². The van der Waals surface area contributed by atoms with Crippen molar-refractivity contribution in [1.29, 1.82) is 0 Å². The van der Waals surface area contributed by atoms with E-state index >= 15 is 0 Å². The van der Waals surface area contributed by atoms with E-state index < -0.39 is 0 Å². The molecule has 0 bridgehead atoms. The van der Waals surface area contributed by atoms with E-state index in [0.29, 0.717) is 0 Å². The van der Waals surface area contributed by atoms with Gasteiger partial charge < -0.3 is 9.47 Å². The maximum atomic E-state index is 5.01. The van der Waals surface area contributed by atoms with E-state index in [1.165, 1.54) is 0 Å². The summed E-state index contributed by atoms with van der Waals surface area (Å²) in [5.41, 5.74) is 0. The van der Waals surface area contributed by atoms with E-state index in [0.717, 1.165) is 17.9 Å². The van der Waals surface area contributed by atoms with Crippen molar-refractivity contribution in [2.24, 2.45) is 0 Å². The number of rotatable bonds is 2. The van der Waals surface area contributed by atoms with Crippen LogP contribution in [0.15, 0.2) is 23.7 Å². The van der Waals surface area contributed by atoms with Gasteiger partial charge in [0, 0.05) is 6.42 Å². The van der Waals surface area contributed by atoms with E-state index in [4.69, 9.17) is 9.47 Å². The normalized spacial score (nSPS) is 16.7. The zero-order valence-electron chi connectivity index (χ0n) is 5.68. The molecule has 1 aliphatic carbocycles. The highest BCUT2D eigenvalue weighted by Crippen LogP contribution is 2.18. The molecule has 9 heavy (non-hydrogen) atoms. The predicted molar refractivity (Wildman–Crippen MR) is 34.8 cm³/mol. The maximum absolute atomic E-state index is 5.01. The molecule has 0 aromatic rings. The second-order valence-electron chi connectivity index (χ2n) is 1.80. The van der Waals surface area contributed by atoms with Crippen molar-refractivity contribution >= 4 is 0 Å². The van der Waals surface area contributed by atoms with Crippen LogP contribution < -0.4 is 0 Å². The molecule has 0 fully saturated rings. The summed E-state index contributed by atoms with van der Waals surface area (Å²) < 4.78 is 9.99. The van der Waals surface area contributed by atoms with Gasteiger partial charge in [-0.25, -0.2) is 0 Å². The van der Waals surface area contributed by atoms with Crippen molar-refractivity contribution in [3.63, 3.8) is 0 Å². The lowest BCUT2D eigenvalue weighted by molar-refractivity contribution is 0.232. The van der Waals surface area contributed by atoms with Crippen molar-refractivity contribution in [1.82, 2.24) is 0 Å². The van der Waals surface area contributed by atoms with Crippen LogP contribution in [0.2, 0.25) is 0 Å². The summed E-state index contributed by atoms with van der Waals surface area (Å²) in [6, 6.07) is 0. The Bertz CT molecular complexity index is 156. The average Bonchev–Trinajstić information content (AvgIpc) is 2.33. The molecule has 1 rings (SSSR count). The summed E-state index contributed by atoms with van der Waals surface area (Å²) in [7, 11) is 3.30. The predicted octanol–water partition coefficient (Wildman–Crippen LogP) is 1.45. The molecular weight excluding hydrogens is 116 g/mol. The minimum absolute atomic E-state index is 0.845. The lowest BCUT2D eigenvalue weighted by atomic mass is 10.4. The van der Waals surface area contributed by atoms with Crippen molar-refractivity contribution < 1.29 is 9.47 Å². The third kappa shape index (κ3) is 1.07. The first-order valence-corrected chi connectivity index (χ1v) is 2.86. The Morgan fingerprint density at radius 1 is 1.33 bits per heavy atom. The number of allylic oxidation sites excluding steroid dienone is 2. The molecule has 0 saturated carbocycles. The smallest absolute Gasteiger partial charge is 0.156 e. The number of hydrogen-bond acceptors (Lipinski definition) is 2. The topological polar surface area (TPSA) is 18.5 Å². The third-order valence-corrected chi connectivity index (χ3v) is 1.31. The Balaban J connectivity index is 2.67. The molecule has 2 nitrogen and oxygen atoms in total. The lowest BCUT2D eigenvalue weighted by Gasteiger charge is -2.02. The second kappa shape index (κ2) is 2.58. The second-order valence-corrected chi connectivity index (χ2v) is 1.80. The van der Waals surface area contributed by atoms with Crippen LogP contribution in [-0.2, 0) is 9.47 Å². The first-order valence-electron chi connectivity index (χ1n) is 2.86. The third-order valence-electron chi connectivity index (χ3n) is 1.31. The SMILES string of the molecule is COC1=C(OC)CC=C1. The Morgan fingerprint density at radius 3 is 2.56 bits per heavy atom. The van der Waals surface area contributed by atoms with Crippen LogP contribution in [0.1, 0.15) is 6.42 Å². The minimum atomic E-state index is 0.845. The Kier molecular flexibility index (Phi) is 1.78. The quantitative estimate of drug-likeness (QED) is 0.557. The van der Waals surface area contributed by atoms with E-state index in [1.807, 2.05) is 12.2 Å². The lowest BCUT2D eigenvalue weighted by Crippen LogP contribution is -1.88. The first-order chi connectivity index (χ1) is 4.38. The summed E-state index contributed by atoms with van der Waals surface area (Å²) in [6.07, 6.45) is 4.79. The van der Waals surface area contributed by atoms with Gasteiger partial charge in [0.05, 0.1) is 14.2 Å². The maximum Gasteiger partial charge on any atom is 0.156 e. The molecule has 0 heterocycles. The molecule has 0 aromatic carbocycles. The number of methoxy groups -OCH3 is 2. The fraction of sp³-hybridized carbons (Fsp3) is 0.429. The van der Waals surface area contributed by atoms with Gasteiger partial charge in [-0.3, -0.25) is 0 Å². The zero-order chi connectivity index (χ0) is 6.69. The summed E-state index contributed by atoms with van der Waals surface area (Å²) in [5, 5.41) is 0. The molecule has 0 unspecified atom stereocenters. The van der Waals surface area contributed by atoms with Gasteiger partial charge in [0.25, 0.3) is 0 Å². The van der Waals surface area contributed by atoms with Gasteiger partial charge in [-0.05, 0) is 6.08 Å². The summed E-state index contributed by atoms with van der Waals surface area (Å²) >= 11 is 0. The van der Waals surface area contributed by atoms with Gasteiger partial charge in [-0.2, -0.15) is 0 Å². The fourth-order valence-electron chi connectivity index (χ4n) is 0.832. The first kappa shape index (κ1) is 6.20. The number of ether oxygens (including phenoxy) is 2. The molecule has 0 atom stereocenters. The molecule has 0 saturated heterocycles. The van der Waals surface area contributed by atoms with Crippen LogP contribution in [0.4, 0.5) is 0 Å². The average molecular weight is 126 g/mol. The van der Waals surface area contributed by atoms with Gasteiger partial charge >= 0.3 is 0 Å². The molecule has 0 N–H and O–H groups in total. The summed E-state index contributed by atoms with van der Waals surface area (Å²) in [4.78, 5) is 0. The molecule has 2 heteroatoms. The highest BCUT2D eigenvalue weighted by molar-refractivity contribution is 5.25. The highest BCUT2D eigenvalue weighted by Gasteiger charge is 2.07. The van der Waals surface area contributed by atoms with Crippen LogP contribution >= 0.6 is 0 Å². The van der Waals surface area contributed by atoms with Gasteiger partial charge in [0.15, 0.2) is 5.76 Å². The fourth-order valence-corrected chi connectivity index (χ4v) is 0.832. The summed E-state index contributed by atoms with van der Waals surface area (Å²) in [6.45, 7) is 0.